The van der Waals surface area contributed by atoms with Crippen LogP contribution in [-0.2, 0) is 30.8 Å². The number of nitrogens with zero attached hydrogens (tertiary/aromatic N) is 3. The van der Waals surface area contributed by atoms with Gasteiger partial charge in [0.1, 0.15) is 12.4 Å². The number of carbonyl (C=O) groups excluding carboxylic acids is 4. The number of aromatic nitrogens is 1. The fourth-order valence-corrected chi connectivity index (χ4v) is 8.40. The highest BCUT2D eigenvalue weighted by molar-refractivity contribution is 6.33. The largest absolute Gasteiger partial charge is 0.491 e. The summed E-state index contributed by atoms with van der Waals surface area (Å²) in [5.41, 5.74) is 1.27. The van der Waals surface area contributed by atoms with Gasteiger partial charge in [-0.05, 0) is 60.2 Å². The van der Waals surface area contributed by atoms with Crippen LogP contribution in [0, 0.1) is 23.7 Å². The molecule has 4 aliphatic rings. The molecule has 3 aromatic rings. The number of alkyl halides is 3. The number of pyridine rings is 1. The molecule has 6 atom stereocenters. The lowest BCUT2D eigenvalue weighted by Crippen LogP contribution is -2.53. The van der Waals surface area contributed by atoms with E-state index in [-0.39, 0.29) is 36.9 Å². The van der Waals surface area contributed by atoms with Gasteiger partial charge in [-0.3, -0.25) is 29.8 Å². The van der Waals surface area contributed by atoms with Crippen molar-refractivity contribution in [3.05, 3.63) is 99.2 Å². The molecule has 2 aliphatic carbocycles. The molecule has 16 heteroatoms. The Labute approximate surface area is 292 Å². The summed E-state index contributed by atoms with van der Waals surface area (Å²) in [6.07, 6.45) is -2.45. The third-order valence-corrected chi connectivity index (χ3v) is 10.6. The molecule has 2 aromatic carbocycles. The molecular formula is C34H27Cl2F3N4O7. The van der Waals surface area contributed by atoms with Crippen LogP contribution in [0.15, 0.2) is 72.4 Å². The quantitative estimate of drug-likeness (QED) is 0.170. The minimum absolute atomic E-state index is 0.0256. The number of ether oxygens (including phenoxy) is 1. The fraction of sp³-hybridized carbons (Fsp3) is 0.324. The van der Waals surface area contributed by atoms with Crippen molar-refractivity contribution in [1.82, 2.24) is 15.1 Å². The molecule has 3 heterocycles. The molecule has 11 nitrogen and oxygen atoms in total. The van der Waals surface area contributed by atoms with Crippen LogP contribution < -0.4 is 10.2 Å². The summed E-state index contributed by atoms with van der Waals surface area (Å²) < 4.78 is 45.6. The van der Waals surface area contributed by atoms with Gasteiger partial charge in [0.2, 0.25) is 0 Å². The zero-order valence-corrected chi connectivity index (χ0v) is 27.2. The molecule has 1 saturated carbocycles. The third kappa shape index (κ3) is 5.15. The number of fused-ring (bicyclic) bond motifs is 4. The van der Waals surface area contributed by atoms with E-state index < -0.39 is 75.4 Å². The highest BCUT2D eigenvalue weighted by Gasteiger charge is 2.70. The lowest BCUT2D eigenvalue weighted by Gasteiger charge is -2.50. The number of aliphatic hydroxyl groups excluding tert-OH is 1. The van der Waals surface area contributed by atoms with E-state index in [0.717, 1.165) is 0 Å². The second kappa shape index (κ2) is 12.4. The summed E-state index contributed by atoms with van der Waals surface area (Å²) in [5.74, 6) is -7.84. The first-order valence-electron chi connectivity index (χ1n) is 15.5. The molecule has 1 aromatic heterocycles. The molecular weight excluding hydrogens is 704 g/mol. The fourth-order valence-electron chi connectivity index (χ4n) is 8.06. The van der Waals surface area contributed by atoms with E-state index in [0.29, 0.717) is 44.7 Å². The Morgan fingerprint density at radius 3 is 2.32 bits per heavy atom. The van der Waals surface area contributed by atoms with Crippen LogP contribution in [0.4, 0.5) is 19.0 Å². The number of benzene rings is 2. The molecule has 50 heavy (non-hydrogen) atoms. The lowest BCUT2D eigenvalue weighted by atomic mass is 9.49. The summed E-state index contributed by atoms with van der Waals surface area (Å²) in [6, 6.07) is 13.6. The van der Waals surface area contributed by atoms with Crippen LogP contribution >= 0.6 is 23.2 Å². The Hall–Kier alpha value is -4.50. The first-order chi connectivity index (χ1) is 23.8. The number of amides is 4. The average molecular weight is 732 g/mol. The minimum Gasteiger partial charge on any atom is -0.491 e. The monoisotopic (exact) mass is 730 g/mol. The van der Waals surface area contributed by atoms with E-state index in [4.69, 9.17) is 27.9 Å². The molecule has 2 aliphatic heterocycles. The summed E-state index contributed by atoms with van der Waals surface area (Å²) in [7, 11) is 0. The number of hydrogen-bond donors (Lipinski definition) is 3. The van der Waals surface area contributed by atoms with Gasteiger partial charge in [-0.2, -0.15) is 23.2 Å². The number of hydroxylamine groups is 2. The van der Waals surface area contributed by atoms with Crippen LogP contribution in [0.5, 0.6) is 5.75 Å². The number of halogens is 5. The van der Waals surface area contributed by atoms with E-state index in [9.17, 15) is 37.9 Å². The van der Waals surface area contributed by atoms with Crippen molar-refractivity contribution in [2.45, 2.75) is 30.4 Å². The van der Waals surface area contributed by atoms with Gasteiger partial charge in [-0.25, -0.2) is 4.98 Å². The minimum atomic E-state index is -4.75. The van der Waals surface area contributed by atoms with Gasteiger partial charge in [-0.15, -0.1) is 0 Å². The lowest BCUT2D eigenvalue weighted by molar-refractivity contribution is -0.173. The number of aliphatic hydroxyl groups is 1. The van der Waals surface area contributed by atoms with Gasteiger partial charge in [0.25, 0.3) is 23.6 Å². The Balaban J connectivity index is 1.42. The molecule has 260 valence electrons. The standard InChI is InChI=1S/C34H27Cl2F3N4O7/c35-19-5-3-17(4-6-19)33-24(30(46)42(32(33)48)41-28-25(36)13-18(15-40-28)34(37,38)39)14-23-21(9-10-22-26(23)31(47)43(49)29(22)45)27(33)16-1-7-20(8-2-16)50-12-11-44/h1-9,13,15,22-24,26-27,44,49H,10-12,14H2,(H,40,41)/t22-,23+,24-,26-,27-,33+/m0/s1. The van der Waals surface area contributed by atoms with Crippen molar-refractivity contribution < 1.29 is 47.4 Å². The number of hydrazine groups is 1. The predicted molar refractivity (Wildman–Crippen MR) is 170 cm³/mol. The first kappa shape index (κ1) is 34.0. The molecule has 7 rings (SSSR count). The predicted octanol–water partition coefficient (Wildman–Crippen LogP) is 5.15. The van der Waals surface area contributed by atoms with Crippen molar-refractivity contribution in [2.75, 3.05) is 18.6 Å². The van der Waals surface area contributed by atoms with Crippen LogP contribution in [0.25, 0.3) is 0 Å². The topological polar surface area (TPSA) is 149 Å². The maximum absolute atomic E-state index is 15.1. The van der Waals surface area contributed by atoms with E-state index in [2.05, 4.69) is 10.4 Å². The van der Waals surface area contributed by atoms with Gasteiger partial charge >= 0.3 is 6.18 Å². The van der Waals surface area contributed by atoms with Gasteiger partial charge in [0.15, 0.2) is 5.82 Å². The maximum atomic E-state index is 15.1. The van der Waals surface area contributed by atoms with Crippen molar-refractivity contribution in [3.63, 3.8) is 0 Å². The molecule has 4 amide bonds. The number of allylic oxidation sites excluding steroid dienone is 2. The number of anilines is 1. The van der Waals surface area contributed by atoms with Crippen molar-refractivity contribution in [2.24, 2.45) is 23.7 Å². The molecule has 0 radical (unpaired) electrons. The van der Waals surface area contributed by atoms with Crippen molar-refractivity contribution in [3.8, 4) is 5.75 Å². The number of carbonyl (C=O) groups is 4. The second-order valence-corrected chi connectivity index (χ2v) is 13.4. The SMILES string of the molecule is O=C1[C@H]2[C@H](CC=C3[C@H]2C[C@H]2C(=O)N(Nc4ncc(C(F)(F)F)cc4Cl)C(=O)[C@@]2(c2ccc(Cl)cc2)[C@H]3c2ccc(OCCO)cc2)C(=O)N1O. The smallest absolute Gasteiger partial charge is 0.417 e. The molecule has 3 N–H and O–H groups in total. The van der Waals surface area contributed by atoms with E-state index in [1.165, 1.54) is 0 Å². The van der Waals surface area contributed by atoms with Gasteiger partial charge in [0.05, 0.1) is 40.4 Å². The van der Waals surface area contributed by atoms with Crippen LogP contribution in [0.2, 0.25) is 10.0 Å². The zero-order valence-electron chi connectivity index (χ0n) is 25.7. The zero-order chi connectivity index (χ0) is 35.7. The Kier molecular flexibility index (Phi) is 8.41. The summed E-state index contributed by atoms with van der Waals surface area (Å²) in [5, 5.41) is 20.2. The molecule has 0 unspecified atom stereocenters. The number of imide groups is 2. The maximum Gasteiger partial charge on any atom is 0.417 e. The molecule has 0 bridgehead atoms. The summed E-state index contributed by atoms with van der Waals surface area (Å²) >= 11 is 12.5. The van der Waals surface area contributed by atoms with Crippen LogP contribution in [0.3, 0.4) is 0 Å². The normalized spacial score (nSPS) is 27.6. The number of rotatable bonds is 7. The van der Waals surface area contributed by atoms with Crippen LogP contribution in [0.1, 0.15) is 35.4 Å². The van der Waals surface area contributed by atoms with Crippen molar-refractivity contribution in [1.29, 1.82) is 0 Å². The molecule has 3 fully saturated rings. The number of nitrogens with one attached hydrogen (secondary N) is 1. The van der Waals surface area contributed by atoms with E-state index in [1.54, 1.807) is 54.6 Å². The number of hydrogen-bond acceptors (Lipinski definition) is 9. The van der Waals surface area contributed by atoms with Gasteiger partial charge in [-0.1, -0.05) is 59.1 Å². The summed E-state index contributed by atoms with van der Waals surface area (Å²) in [6.45, 7) is -0.202. The van der Waals surface area contributed by atoms with Gasteiger partial charge in [0, 0.05) is 17.1 Å². The second-order valence-electron chi connectivity index (χ2n) is 12.5. The third-order valence-electron chi connectivity index (χ3n) is 10.1. The van der Waals surface area contributed by atoms with E-state index in [1.807, 2.05) is 0 Å². The van der Waals surface area contributed by atoms with Crippen molar-refractivity contribution >= 4 is 52.6 Å². The van der Waals surface area contributed by atoms with E-state index >= 15 is 4.79 Å². The highest BCUT2D eigenvalue weighted by Crippen LogP contribution is 2.64. The van der Waals surface area contributed by atoms with Gasteiger partial charge < -0.3 is 9.84 Å². The first-order valence-corrected chi connectivity index (χ1v) is 16.3. The summed E-state index contributed by atoms with van der Waals surface area (Å²) in [4.78, 5) is 59.6. The molecule has 2 saturated heterocycles. The highest BCUT2D eigenvalue weighted by atomic mass is 35.5. The molecule has 0 spiro atoms. The Morgan fingerprint density at radius 1 is 0.980 bits per heavy atom. The Bertz CT molecular complexity index is 1940. The average Bonchev–Trinajstić information content (AvgIpc) is 3.44. The van der Waals surface area contributed by atoms with Crippen LogP contribution in [-0.4, -0.2) is 62.2 Å². The Morgan fingerprint density at radius 2 is 1.68 bits per heavy atom.